The molecular formula is C13H26N2S. The van der Waals surface area contributed by atoms with Gasteiger partial charge in [0.05, 0.1) is 0 Å². The molecule has 0 aromatic heterocycles. The summed E-state index contributed by atoms with van der Waals surface area (Å²) in [6, 6.07) is 2.27. The van der Waals surface area contributed by atoms with Crippen molar-refractivity contribution >= 4 is 11.8 Å². The van der Waals surface area contributed by atoms with Crippen LogP contribution in [0.15, 0.2) is 0 Å². The molecule has 0 bridgehead atoms. The summed E-state index contributed by atoms with van der Waals surface area (Å²) in [6.45, 7) is 6.00. The number of nitrogens with zero attached hydrogens (tertiary/aromatic N) is 1. The fourth-order valence-corrected chi connectivity index (χ4v) is 4.03. The van der Waals surface area contributed by atoms with E-state index in [0.717, 1.165) is 24.0 Å². The summed E-state index contributed by atoms with van der Waals surface area (Å²) in [4.78, 5) is 2.50. The van der Waals surface area contributed by atoms with E-state index >= 15 is 0 Å². The van der Waals surface area contributed by atoms with Gasteiger partial charge in [0, 0.05) is 30.4 Å². The van der Waals surface area contributed by atoms with Crippen LogP contribution in [0, 0.1) is 5.92 Å². The molecule has 0 amide bonds. The highest BCUT2D eigenvalue weighted by molar-refractivity contribution is 7.99. The molecule has 0 radical (unpaired) electrons. The molecule has 3 heteroatoms. The van der Waals surface area contributed by atoms with Crippen LogP contribution in [0.1, 0.15) is 33.1 Å². The maximum atomic E-state index is 3.91. The first-order valence-corrected chi connectivity index (χ1v) is 7.86. The standard InChI is InChI=1S/C13H26N2S/c1-10-8-15(3)11(2)7-13(10)14-12-5-4-6-16-9-12/h10-14H,4-9H2,1-3H3. The number of hydrogen-bond donors (Lipinski definition) is 1. The molecule has 0 aromatic carbocycles. The van der Waals surface area contributed by atoms with Gasteiger partial charge in [-0.1, -0.05) is 6.92 Å². The molecule has 4 atom stereocenters. The van der Waals surface area contributed by atoms with Gasteiger partial charge in [0.25, 0.3) is 0 Å². The molecule has 0 spiro atoms. The third-order valence-corrected chi connectivity index (χ3v) is 5.44. The Morgan fingerprint density at radius 1 is 1.31 bits per heavy atom. The lowest BCUT2D eigenvalue weighted by Crippen LogP contribution is -2.54. The molecule has 0 aliphatic carbocycles. The highest BCUT2D eigenvalue weighted by Gasteiger charge is 2.30. The predicted octanol–water partition coefficient (Wildman–Crippen LogP) is 2.20. The molecule has 2 nitrogen and oxygen atoms in total. The molecule has 2 aliphatic rings. The zero-order chi connectivity index (χ0) is 11.5. The van der Waals surface area contributed by atoms with Crippen LogP contribution >= 0.6 is 11.8 Å². The van der Waals surface area contributed by atoms with E-state index in [1.165, 1.54) is 37.3 Å². The van der Waals surface area contributed by atoms with Gasteiger partial charge >= 0.3 is 0 Å². The Hall–Kier alpha value is 0.270. The zero-order valence-electron chi connectivity index (χ0n) is 10.9. The van der Waals surface area contributed by atoms with Crippen LogP contribution in [0.5, 0.6) is 0 Å². The van der Waals surface area contributed by atoms with Gasteiger partial charge in [-0.2, -0.15) is 11.8 Å². The molecule has 0 saturated carbocycles. The van der Waals surface area contributed by atoms with Crippen LogP contribution in [0.4, 0.5) is 0 Å². The van der Waals surface area contributed by atoms with Gasteiger partial charge in [-0.15, -0.1) is 0 Å². The van der Waals surface area contributed by atoms with E-state index in [-0.39, 0.29) is 0 Å². The summed E-state index contributed by atoms with van der Waals surface area (Å²) in [5, 5.41) is 3.91. The minimum absolute atomic E-state index is 0.741. The van der Waals surface area contributed by atoms with Crippen LogP contribution < -0.4 is 5.32 Å². The molecule has 2 heterocycles. The Labute approximate surface area is 105 Å². The van der Waals surface area contributed by atoms with Crippen LogP contribution in [0.2, 0.25) is 0 Å². The van der Waals surface area contributed by atoms with Crippen LogP contribution in [0.25, 0.3) is 0 Å². The summed E-state index contributed by atoms with van der Waals surface area (Å²) >= 11 is 2.12. The minimum atomic E-state index is 0.741. The highest BCUT2D eigenvalue weighted by atomic mass is 32.2. The summed E-state index contributed by atoms with van der Waals surface area (Å²) in [6.07, 6.45) is 4.11. The summed E-state index contributed by atoms with van der Waals surface area (Å²) in [5.74, 6) is 3.50. The lowest BCUT2D eigenvalue weighted by molar-refractivity contribution is 0.116. The van der Waals surface area contributed by atoms with Crippen LogP contribution in [-0.2, 0) is 0 Å². The zero-order valence-corrected chi connectivity index (χ0v) is 11.7. The van der Waals surface area contributed by atoms with Gasteiger partial charge in [-0.05, 0) is 44.9 Å². The van der Waals surface area contributed by atoms with Gasteiger partial charge < -0.3 is 10.2 Å². The topological polar surface area (TPSA) is 15.3 Å². The fourth-order valence-electron chi connectivity index (χ4n) is 2.95. The largest absolute Gasteiger partial charge is 0.310 e. The average Bonchev–Trinajstić information content (AvgIpc) is 2.27. The average molecular weight is 242 g/mol. The number of hydrogen-bond acceptors (Lipinski definition) is 3. The van der Waals surface area contributed by atoms with Crippen molar-refractivity contribution in [2.75, 3.05) is 25.1 Å². The van der Waals surface area contributed by atoms with E-state index in [0.29, 0.717) is 0 Å². The minimum Gasteiger partial charge on any atom is -0.310 e. The Morgan fingerprint density at radius 2 is 2.12 bits per heavy atom. The van der Waals surface area contributed by atoms with Crippen LogP contribution in [-0.4, -0.2) is 48.1 Å². The first-order chi connectivity index (χ1) is 7.66. The third kappa shape index (κ3) is 3.14. The predicted molar refractivity (Wildman–Crippen MR) is 73.1 cm³/mol. The molecule has 2 rings (SSSR count). The second kappa shape index (κ2) is 5.74. The van der Waals surface area contributed by atoms with Crippen molar-refractivity contribution in [2.24, 2.45) is 5.92 Å². The van der Waals surface area contributed by atoms with Gasteiger partial charge in [0.15, 0.2) is 0 Å². The molecule has 2 aliphatic heterocycles. The Bertz CT molecular complexity index is 216. The van der Waals surface area contributed by atoms with Crippen molar-refractivity contribution < 1.29 is 0 Å². The van der Waals surface area contributed by atoms with Gasteiger partial charge in [-0.3, -0.25) is 0 Å². The Kier molecular flexibility index (Phi) is 4.57. The summed E-state index contributed by atoms with van der Waals surface area (Å²) in [5.41, 5.74) is 0. The quantitative estimate of drug-likeness (QED) is 0.799. The molecule has 16 heavy (non-hydrogen) atoms. The van der Waals surface area contributed by atoms with Crippen molar-refractivity contribution in [3.05, 3.63) is 0 Å². The molecule has 94 valence electrons. The molecule has 4 unspecified atom stereocenters. The number of thioether (sulfide) groups is 1. The molecule has 0 aromatic rings. The summed E-state index contributed by atoms with van der Waals surface area (Å²) < 4.78 is 0. The number of nitrogens with one attached hydrogen (secondary N) is 1. The lowest BCUT2D eigenvalue weighted by atomic mass is 9.89. The van der Waals surface area contributed by atoms with Gasteiger partial charge in [0.1, 0.15) is 0 Å². The molecular weight excluding hydrogens is 216 g/mol. The number of likely N-dealkylation sites (tertiary alicyclic amines) is 1. The van der Waals surface area contributed by atoms with Crippen molar-refractivity contribution in [1.82, 2.24) is 10.2 Å². The van der Waals surface area contributed by atoms with E-state index in [4.69, 9.17) is 0 Å². The van der Waals surface area contributed by atoms with E-state index in [9.17, 15) is 0 Å². The second-order valence-corrected chi connectivity index (χ2v) is 6.84. The number of rotatable bonds is 2. The van der Waals surface area contributed by atoms with Gasteiger partial charge in [0.2, 0.25) is 0 Å². The third-order valence-electron chi connectivity index (χ3n) is 4.22. The van der Waals surface area contributed by atoms with E-state index in [2.05, 4.69) is 42.9 Å². The maximum absolute atomic E-state index is 3.91. The monoisotopic (exact) mass is 242 g/mol. The second-order valence-electron chi connectivity index (χ2n) is 5.69. The van der Waals surface area contributed by atoms with Crippen molar-refractivity contribution in [3.63, 3.8) is 0 Å². The molecule has 1 N–H and O–H groups in total. The van der Waals surface area contributed by atoms with E-state index in [1.54, 1.807) is 0 Å². The highest BCUT2D eigenvalue weighted by Crippen LogP contribution is 2.24. The smallest absolute Gasteiger partial charge is 0.0161 e. The molecule has 2 saturated heterocycles. The van der Waals surface area contributed by atoms with E-state index in [1.807, 2.05) is 0 Å². The maximum Gasteiger partial charge on any atom is 0.0161 e. The SMILES string of the molecule is CC1CN(C)C(C)CC1NC1CCCSC1. The fraction of sp³-hybridized carbons (Fsp3) is 1.00. The molecule has 2 fully saturated rings. The number of piperidine rings is 1. The van der Waals surface area contributed by atoms with Crippen molar-refractivity contribution in [1.29, 1.82) is 0 Å². The normalized spacial score (nSPS) is 42.2. The lowest BCUT2D eigenvalue weighted by Gasteiger charge is -2.42. The Morgan fingerprint density at radius 3 is 2.81 bits per heavy atom. The Balaban J connectivity index is 1.83. The van der Waals surface area contributed by atoms with Gasteiger partial charge in [-0.25, -0.2) is 0 Å². The summed E-state index contributed by atoms with van der Waals surface area (Å²) in [7, 11) is 2.26. The van der Waals surface area contributed by atoms with Crippen molar-refractivity contribution in [2.45, 2.75) is 51.2 Å². The first kappa shape index (κ1) is 12.7. The first-order valence-electron chi connectivity index (χ1n) is 6.71. The van der Waals surface area contributed by atoms with E-state index < -0.39 is 0 Å². The van der Waals surface area contributed by atoms with Crippen LogP contribution in [0.3, 0.4) is 0 Å². The van der Waals surface area contributed by atoms with Crippen molar-refractivity contribution in [3.8, 4) is 0 Å².